The Morgan fingerprint density at radius 2 is 1.75 bits per heavy atom. The maximum atomic E-state index is 12.4. The van der Waals surface area contributed by atoms with Gasteiger partial charge in [0.15, 0.2) is 6.04 Å². The minimum atomic E-state index is -0.825. The van der Waals surface area contributed by atoms with E-state index in [0.717, 1.165) is 21.4 Å². The molecule has 0 radical (unpaired) electrons. The third-order valence-corrected chi connectivity index (χ3v) is 4.93. The summed E-state index contributed by atoms with van der Waals surface area (Å²) in [5.74, 6) is -0.712. The number of carbonyl (C=O) groups is 2. The summed E-state index contributed by atoms with van der Waals surface area (Å²) < 4.78 is 5.74. The van der Waals surface area contributed by atoms with Crippen molar-refractivity contribution in [1.29, 1.82) is 0 Å². The summed E-state index contributed by atoms with van der Waals surface area (Å²) in [6, 6.07) is 20.4. The van der Waals surface area contributed by atoms with E-state index >= 15 is 0 Å². The fourth-order valence-corrected chi connectivity index (χ4v) is 3.17. The second kappa shape index (κ2) is 9.37. The second-order valence-corrected chi connectivity index (χ2v) is 7.25. The van der Waals surface area contributed by atoms with Gasteiger partial charge in [-0.1, -0.05) is 58.4 Å². The van der Waals surface area contributed by atoms with Crippen LogP contribution in [-0.4, -0.2) is 24.0 Å². The number of carbonyl (C=O) groups excluding carboxylic acids is 2. The van der Waals surface area contributed by atoms with Crippen molar-refractivity contribution in [3.05, 3.63) is 82.5 Å². The molecule has 2 aromatic carbocycles. The lowest BCUT2D eigenvalue weighted by atomic mass is 10.1. The molecule has 1 unspecified atom stereocenters. The van der Waals surface area contributed by atoms with Gasteiger partial charge in [-0.15, -0.1) is 0 Å². The molecule has 6 heteroatoms. The van der Waals surface area contributed by atoms with E-state index in [0.29, 0.717) is 12.0 Å². The SMILES string of the molecule is COC(=O)C(NC(=O)CCc1ccc(-c2ccccc2)[nH]1)c1ccc(Br)cc1. The van der Waals surface area contributed by atoms with Crippen LogP contribution in [0.2, 0.25) is 0 Å². The first-order valence-electron chi connectivity index (χ1n) is 8.93. The van der Waals surface area contributed by atoms with Crippen molar-refractivity contribution in [2.75, 3.05) is 7.11 Å². The summed E-state index contributed by atoms with van der Waals surface area (Å²) in [5, 5.41) is 2.77. The third kappa shape index (κ3) is 5.10. The minimum Gasteiger partial charge on any atom is -0.467 e. The van der Waals surface area contributed by atoms with E-state index in [2.05, 4.69) is 26.2 Å². The molecule has 0 aliphatic carbocycles. The number of halogens is 1. The molecular weight excluding hydrogens is 420 g/mol. The average Bonchev–Trinajstić information content (AvgIpc) is 3.20. The zero-order valence-electron chi connectivity index (χ0n) is 15.4. The standard InChI is InChI=1S/C22H21BrN2O3/c1-28-22(27)21(16-7-9-17(23)10-8-16)25-20(26)14-12-18-11-13-19(24-18)15-5-3-2-4-6-15/h2-11,13,21,24H,12,14H2,1H3,(H,25,26). The minimum absolute atomic E-state index is 0.214. The summed E-state index contributed by atoms with van der Waals surface area (Å²) in [5.41, 5.74) is 3.75. The van der Waals surface area contributed by atoms with Crippen LogP contribution >= 0.6 is 15.9 Å². The molecule has 0 spiro atoms. The van der Waals surface area contributed by atoms with E-state index in [4.69, 9.17) is 4.74 Å². The monoisotopic (exact) mass is 440 g/mol. The summed E-state index contributed by atoms with van der Waals surface area (Å²) in [6.07, 6.45) is 0.811. The molecule has 3 rings (SSSR count). The summed E-state index contributed by atoms with van der Waals surface area (Å²) >= 11 is 3.36. The van der Waals surface area contributed by atoms with Crippen LogP contribution in [0.4, 0.5) is 0 Å². The molecule has 1 atom stereocenters. The highest BCUT2D eigenvalue weighted by Crippen LogP contribution is 2.20. The van der Waals surface area contributed by atoms with Gasteiger partial charge in [-0.05, 0) is 41.8 Å². The number of aromatic nitrogens is 1. The van der Waals surface area contributed by atoms with E-state index in [1.54, 1.807) is 12.1 Å². The normalized spacial score (nSPS) is 11.6. The van der Waals surface area contributed by atoms with Crippen molar-refractivity contribution < 1.29 is 14.3 Å². The number of aryl methyl sites for hydroxylation is 1. The molecule has 1 aromatic heterocycles. The molecule has 2 N–H and O–H groups in total. The molecule has 0 saturated carbocycles. The van der Waals surface area contributed by atoms with Gasteiger partial charge < -0.3 is 15.0 Å². The number of esters is 1. The lowest BCUT2D eigenvalue weighted by molar-refractivity contribution is -0.145. The highest BCUT2D eigenvalue weighted by Gasteiger charge is 2.23. The van der Waals surface area contributed by atoms with E-state index in [1.807, 2.05) is 54.6 Å². The number of aromatic amines is 1. The topological polar surface area (TPSA) is 71.2 Å². The van der Waals surface area contributed by atoms with Crippen LogP contribution in [-0.2, 0) is 20.7 Å². The second-order valence-electron chi connectivity index (χ2n) is 6.34. The first kappa shape index (κ1) is 19.9. The summed E-state index contributed by atoms with van der Waals surface area (Å²) in [7, 11) is 1.31. The fourth-order valence-electron chi connectivity index (χ4n) is 2.90. The van der Waals surface area contributed by atoms with Gasteiger partial charge in [-0.3, -0.25) is 4.79 Å². The molecule has 1 heterocycles. The number of nitrogens with one attached hydrogen (secondary N) is 2. The van der Waals surface area contributed by atoms with Crippen LogP contribution < -0.4 is 5.32 Å². The molecule has 0 saturated heterocycles. The number of amides is 1. The first-order valence-corrected chi connectivity index (χ1v) is 9.72. The number of H-pyrrole nitrogens is 1. The Kier molecular flexibility index (Phi) is 6.66. The van der Waals surface area contributed by atoms with Crippen molar-refractivity contribution in [3.8, 4) is 11.3 Å². The Hall–Kier alpha value is -2.86. The van der Waals surface area contributed by atoms with E-state index < -0.39 is 12.0 Å². The number of hydrogen-bond donors (Lipinski definition) is 2. The van der Waals surface area contributed by atoms with Gasteiger partial charge >= 0.3 is 5.97 Å². The van der Waals surface area contributed by atoms with Gasteiger partial charge in [0.2, 0.25) is 5.91 Å². The first-order chi connectivity index (χ1) is 13.6. The highest BCUT2D eigenvalue weighted by atomic mass is 79.9. The van der Waals surface area contributed by atoms with E-state index in [-0.39, 0.29) is 12.3 Å². The average molecular weight is 441 g/mol. The summed E-state index contributed by atoms with van der Waals surface area (Å²) in [4.78, 5) is 27.9. The molecular formula is C22H21BrN2O3. The van der Waals surface area contributed by atoms with Gasteiger partial charge in [0, 0.05) is 22.3 Å². The molecule has 5 nitrogen and oxygen atoms in total. The van der Waals surface area contributed by atoms with Gasteiger partial charge in [-0.2, -0.15) is 0 Å². The molecule has 0 bridgehead atoms. The number of ether oxygens (including phenoxy) is 1. The van der Waals surface area contributed by atoms with Crippen LogP contribution in [0.1, 0.15) is 23.7 Å². The molecule has 144 valence electrons. The number of methoxy groups -OCH3 is 1. The van der Waals surface area contributed by atoms with Gasteiger partial charge in [0.1, 0.15) is 0 Å². The Morgan fingerprint density at radius 3 is 2.43 bits per heavy atom. The Bertz CT molecular complexity index is 936. The molecule has 1 amide bonds. The highest BCUT2D eigenvalue weighted by molar-refractivity contribution is 9.10. The molecule has 0 aliphatic heterocycles. The summed E-state index contributed by atoms with van der Waals surface area (Å²) in [6.45, 7) is 0. The predicted octanol–water partition coefficient (Wildman–Crippen LogP) is 4.41. The van der Waals surface area contributed by atoms with Gasteiger partial charge in [0.25, 0.3) is 0 Å². The van der Waals surface area contributed by atoms with Crippen molar-refractivity contribution >= 4 is 27.8 Å². The molecule has 28 heavy (non-hydrogen) atoms. The lowest BCUT2D eigenvalue weighted by Gasteiger charge is -2.17. The Labute approximate surface area is 172 Å². The van der Waals surface area contributed by atoms with Crippen LogP contribution in [0.15, 0.2) is 71.2 Å². The van der Waals surface area contributed by atoms with Crippen molar-refractivity contribution in [3.63, 3.8) is 0 Å². The van der Waals surface area contributed by atoms with E-state index in [9.17, 15) is 9.59 Å². The molecule has 0 aliphatic rings. The van der Waals surface area contributed by atoms with Crippen molar-refractivity contribution in [2.24, 2.45) is 0 Å². The van der Waals surface area contributed by atoms with Gasteiger partial charge in [-0.25, -0.2) is 4.79 Å². The lowest BCUT2D eigenvalue weighted by Crippen LogP contribution is -2.34. The Morgan fingerprint density at radius 1 is 1.04 bits per heavy atom. The third-order valence-electron chi connectivity index (χ3n) is 4.40. The van der Waals surface area contributed by atoms with Crippen LogP contribution in [0.3, 0.4) is 0 Å². The predicted molar refractivity (Wildman–Crippen MR) is 112 cm³/mol. The number of rotatable bonds is 7. The van der Waals surface area contributed by atoms with Crippen LogP contribution in [0.5, 0.6) is 0 Å². The Balaban J connectivity index is 1.61. The van der Waals surface area contributed by atoms with Crippen molar-refractivity contribution in [1.82, 2.24) is 10.3 Å². The molecule has 3 aromatic rings. The van der Waals surface area contributed by atoms with Crippen LogP contribution in [0, 0.1) is 0 Å². The number of hydrogen-bond acceptors (Lipinski definition) is 3. The van der Waals surface area contributed by atoms with Crippen LogP contribution in [0.25, 0.3) is 11.3 Å². The largest absolute Gasteiger partial charge is 0.467 e. The smallest absolute Gasteiger partial charge is 0.333 e. The maximum Gasteiger partial charge on any atom is 0.333 e. The zero-order valence-corrected chi connectivity index (χ0v) is 17.0. The van der Waals surface area contributed by atoms with Gasteiger partial charge in [0.05, 0.1) is 7.11 Å². The van der Waals surface area contributed by atoms with Crippen molar-refractivity contribution in [2.45, 2.75) is 18.9 Å². The fraction of sp³-hybridized carbons (Fsp3) is 0.182. The quantitative estimate of drug-likeness (QED) is 0.534. The maximum absolute atomic E-state index is 12.4. The zero-order chi connectivity index (χ0) is 19.9. The van der Waals surface area contributed by atoms with E-state index in [1.165, 1.54) is 7.11 Å². The molecule has 0 fully saturated rings. The number of benzene rings is 2.